The number of carbonyl (C=O) groups excluding carboxylic acids is 1. The molecular weight excluding hydrogens is 375 g/mol. The van der Waals surface area contributed by atoms with Crippen LogP contribution in [0.2, 0.25) is 0 Å². The summed E-state index contributed by atoms with van der Waals surface area (Å²) in [6, 6.07) is -0.232. The number of rotatable bonds is 6. The van der Waals surface area contributed by atoms with Gasteiger partial charge in [0.25, 0.3) is 11.5 Å². The molecule has 2 aromatic rings. The van der Waals surface area contributed by atoms with Crippen molar-refractivity contribution in [2.45, 2.75) is 45.6 Å². The first-order chi connectivity index (χ1) is 12.5. The van der Waals surface area contributed by atoms with E-state index in [-0.39, 0.29) is 75.6 Å². The minimum absolute atomic E-state index is 0. The van der Waals surface area contributed by atoms with Gasteiger partial charge in [-0.1, -0.05) is 6.42 Å². The maximum Gasteiger partial charge on any atom is 1.00 e. The number of nitrogens with zero attached hydrogens (tertiary/aromatic N) is 3. The largest absolute Gasteiger partial charge is 1.00 e. The van der Waals surface area contributed by atoms with Crippen LogP contribution < -0.4 is 62.3 Å². The Morgan fingerprint density at radius 2 is 2.07 bits per heavy atom. The molecule has 0 aromatic carbocycles. The normalized spacial score (nSPS) is 15.1. The Labute approximate surface area is 202 Å². The zero-order valence-corrected chi connectivity index (χ0v) is 19.4. The molecule has 2 N–H and O–H groups in total. The van der Waals surface area contributed by atoms with Crippen LogP contribution >= 0.6 is 0 Å². The van der Waals surface area contributed by atoms with E-state index in [0.29, 0.717) is 6.54 Å². The third-order valence-corrected chi connectivity index (χ3v) is 4.79. The average molecular weight is 403 g/mol. The van der Waals surface area contributed by atoms with Gasteiger partial charge in [0.2, 0.25) is 5.71 Å². The second kappa shape index (κ2) is 10.2. The van der Waals surface area contributed by atoms with E-state index in [9.17, 15) is 14.7 Å². The number of amides is 1. The second-order valence-corrected chi connectivity index (χ2v) is 7.01. The summed E-state index contributed by atoms with van der Waals surface area (Å²) in [7, 11) is 0. The topological polar surface area (TPSA) is 101 Å². The summed E-state index contributed by atoms with van der Waals surface area (Å²) < 4.78 is 6.57. The Kier molecular flexibility index (Phi) is 8.51. The van der Waals surface area contributed by atoms with Gasteiger partial charge in [-0.3, -0.25) is 14.2 Å². The summed E-state index contributed by atoms with van der Waals surface area (Å²) >= 11 is 0. The van der Waals surface area contributed by atoms with Crippen LogP contribution in [-0.2, 0) is 0 Å². The molecule has 3 rings (SSSR count). The maximum absolute atomic E-state index is 12.7. The smallest absolute Gasteiger partial charge is 1.00 e. The number of piperidine rings is 1. The van der Waals surface area contributed by atoms with Crippen molar-refractivity contribution in [3.8, 4) is 5.75 Å². The molecule has 8 nitrogen and oxygen atoms in total. The van der Waals surface area contributed by atoms with E-state index < -0.39 is 17.2 Å². The molecule has 1 saturated heterocycles. The zero-order valence-electron chi connectivity index (χ0n) is 17.3. The van der Waals surface area contributed by atoms with E-state index in [2.05, 4.69) is 15.2 Å². The third-order valence-electron chi connectivity index (χ3n) is 4.79. The number of carbonyl (C=O) groups is 1. The number of nitrogens with one attached hydrogen (secondary N) is 1. The number of pyridine rings is 1. The second-order valence-electron chi connectivity index (χ2n) is 7.01. The summed E-state index contributed by atoms with van der Waals surface area (Å²) in [5, 5.41) is 13.1. The van der Waals surface area contributed by atoms with Crippen molar-refractivity contribution in [1.29, 1.82) is 0 Å². The van der Waals surface area contributed by atoms with E-state index >= 15 is 0 Å². The monoisotopic (exact) mass is 402 g/mol. The molecule has 144 valence electrons. The van der Waals surface area contributed by atoms with Crippen molar-refractivity contribution >= 4 is 17.1 Å². The molecule has 1 amide bonds. The molecule has 27 heavy (non-hydrogen) atoms. The molecular formula is C18H27KN4O4. The van der Waals surface area contributed by atoms with Crippen molar-refractivity contribution < 1.29 is 67.1 Å². The van der Waals surface area contributed by atoms with Gasteiger partial charge in [0.15, 0.2) is 17.7 Å². The molecule has 0 spiro atoms. The number of oxazole rings is 1. The van der Waals surface area contributed by atoms with Crippen molar-refractivity contribution in [2.75, 3.05) is 26.2 Å². The number of likely N-dealkylation sites (tertiary alicyclic amines) is 1. The fourth-order valence-corrected chi connectivity index (χ4v) is 3.46. The third kappa shape index (κ3) is 5.02. The fourth-order valence-electron chi connectivity index (χ4n) is 3.46. The number of hydrogen-bond donors (Lipinski definition) is 2. The van der Waals surface area contributed by atoms with Gasteiger partial charge in [-0.2, -0.15) is 0 Å². The molecule has 0 saturated carbocycles. The first-order valence-corrected chi connectivity index (χ1v) is 9.22. The predicted octanol–water partition coefficient (Wildman–Crippen LogP) is -1.00. The van der Waals surface area contributed by atoms with Crippen molar-refractivity contribution in [3.63, 3.8) is 0 Å². The molecule has 0 aliphatic carbocycles. The zero-order chi connectivity index (χ0) is 18.7. The Morgan fingerprint density at radius 3 is 2.74 bits per heavy atom. The predicted molar refractivity (Wildman–Crippen MR) is 98.7 cm³/mol. The maximum atomic E-state index is 12.7. The van der Waals surface area contributed by atoms with Crippen LogP contribution in [0.1, 0.15) is 57.4 Å². The molecule has 0 radical (unpaired) electrons. The van der Waals surface area contributed by atoms with Crippen molar-refractivity contribution in [2.24, 2.45) is 0 Å². The van der Waals surface area contributed by atoms with Crippen LogP contribution in [0.25, 0.3) is 11.2 Å². The van der Waals surface area contributed by atoms with E-state index in [4.69, 9.17) is 4.42 Å². The van der Waals surface area contributed by atoms with Crippen molar-refractivity contribution in [1.82, 2.24) is 19.8 Å². The molecule has 0 atom stereocenters. The number of aromatic hydroxyl groups is 1. The van der Waals surface area contributed by atoms with E-state index in [1.807, 2.05) is 0 Å². The first kappa shape index (κ1) is 22.6. The summed E-state index contributed by atoms with van der Waals surface area (Å²) in [4.78, 5) is 31.6. The number of hydrogen-bond acceptors (Lipinski definition) is 6. The van der Waals surface area contributed by atoms with Crippen LogP contribution in [0.15, 0.2) is 15.6 Å². The number of fused-ring (bicyclic) bond motifs is 1. The van der Waals surface area contributed by atoms with Crippen LogP contribution in [0.5, 0.6) is 5.75 Å². The van der Waals surface area contributed by atoms with Gasteiger partial charge in [-0.25, -0.2) is 4.98 Å². The standard InChI is InChI=1S/C18H26N4O4.K.H/c1-12(2)22-17(25)13(15(23)14-18(22)26-11-20-14)16(24)19-7-6-10-21-8-4-3-5-9-21;;/h11-12,23H,3-10H2,1-2H3,(H,19,24);;/q;+1;-1. The Balaban J connectivity index is 0.00000196. The van der Waals surface area contributed by atoms with Crippen LogP contribution in [0.3, 0.4) is 0 Å². The summed E-state index contributed by atoms with van der Waals surface area (Å²) in [6.45, 7) is 7.20. The van der Waals surface area contributed by atoms with Crippen LogP contribution in [0, 0.1) is 0 Å². The Bertz CT molecular complexity index is 846. The molecule has 0 bridgehead atoms. The van der Waals surface area contributed by atoms with Gasteiger partial charge in [-0.05, 0) is 52.7 Å². The van der Waals surface area contributed by atoms with Crippen molar-refractivity contribution in [3.05, 3.63) is 22.3 Å². The molecule has 2 aromatic heterocycles. The van der Waals surface area contributed by atoms with Gasteiger partial charge < -0.3 is 21.2 Å². The van der Waals surface area contributed by atoms with Crippen LogP contribution in [-0.4, -0.2) is 51.6 Å². The number of aromatic nitrogens is 2. The van der Waals surface area contributed by atoms with Crippen LogP contribution in [0.4, 0.5) is 0 Å². The molecule has 1 aliphatic rings. The Hall–Kier alpha value is -0.714. The molecule has 9 heteroatoms. The Morgan fingerprint density at radius 1 is 1.37 bits per heavy atom. The average Bonchev–Trinajstić information content (AvgIpc) is 3.09. The summed E-state index contributed by atoms with van der Waals surface area (Å²) in [6.07, 6.45) is 5.71. The molecule has 1 aliphatic heterocycles. The van der Waals surface area contributed by atoms with Gasteiger partial charge >= 0.3 is 51.4 Å². The first-order valence-electron chi connectivity index (χ1n) is 9.22. The minimum atomic E-state index is -0.578. The molecule has 1 fully saturated rings. The quantitative estimate of drug-likeness (QED) is 0.475. The van der Waals surface area contributed by atoms with Gasteiger partial charge in [0.1, 0.15) is 5.56 Å². The molecule has 3 heterocycles. The summed E-state index contributed by atoms with van der Waals surface area (Å²) in [5.74, 6) is -1.00. The van der Waals surface area contributed by atoms with E-state index in [0.717, 1.165) is 32.4 Å². The van der Waals surface area contributed by atoms with E-state index in [1.54, 1.807) is 13.8 Å². The van der Waals surface area contributed by atoms with E-state index in [1.165, 1.54) is 23.8 Å². The van der Waals surface area contributed by atoms with Gasteiger partial charge in [0, 0.05) is 12.6 Å². The minimum Gasteiger partial charge on any atom is -1.00 e. The summed E-state index contributed by atoms with van der Waals surface area (Å²) in [5.41, 5.74) is -0.561. The van der Waals surface area contributed by atoms with Gasteiger partial charge in [-0.15, -0.1) is 0 Å². The van der Waals surface area contributed by atoms with Gasteiger partial charge in [0.05, 0.1) is 0 Å². The molecule has 0 unspecified atom stereocenters. The fraction of sp³-hybridized carbons (Fsp3) is 0.611. The SMILES string of the molecule is CC(C)n1c(=O)c(C(=O)NCCCN2CCCCC2)c(O)c2ncoc21.[H-].[K+].